The molecule has 0 fully saturated rings. The van der Waals surface area contributed by atoms with Gasteiger partial charge in [-0.05, 0) is 57.6 Å². The SMILES string of the molecule is CC[C@@H](C(=O)NCC(C)C)N(Cc1ccc(C)cc1)C(=O)COc1ccc2ccccc2c1Br. The van der Waals surface area contributed by atoms with E-state index in [1.165, 1.54) is 0 Å². The van der Waals surface area contributed by atoms with Gasteiger partial charge in [0.2, 0.25) is 5.91 Å². The van der Waals surface area contributed by atoms with Crippen molar-refractivity contribution < 1.29 is 14.3 Å². The average Bonchev–Trinajstić information content (AvgIpc) is 2.83. The Kier molecular flexibility index (Phi) is 9.11. The van der Waals surface area contributed by atoms with Crippen LogP contribution in [0.1, 0.15) is 38.3 Å². The Labute approximate surface area is 210 Å². The Hall–Kier alpha value is -2.86. The summed E-state index contributed by atoms with van der Waals surface area (Å²) in [6.45, 7) is 8.80. The van der Waals surface area contributed by atoms with E-state index in [0.717, 1.165) is 26.4 Å². The van der Waals surface area contributed by atoms with Gasteiger partial charge in [-0.2, -0.15) is 0 Å². The van der Waals surface area contributed by atoms with Crippen LogP contribution in [0.15, 0.2) is 65.1 Å². The second-order valence-electron chi connectivity index (χ2n) is 8.96. The fraction of sp³-hybridized carbons (Fsp3) is 0.357. The van der Waals surface area contributed by atoms with E-state index in [4.69, 9.17) is 4.74 Å². The number of ether oxygens (including phenoxy) is 1. The molecule has 0 heterocycles. The quantitative estimate of drug-likeness (QED) is 0.360. The zero-order chi connectivity index (χ0) is 24.7. The van der Waals surface area contributed by atoms with Gasteiger partial charge in [-0.3, -0.25) is 9.59 Å². The molecular weight excluding hydrogens is 492 g/mol. The van der Waals surface area contributed by atoms with Crippen molar-refractivity contribution in [1.82, 2.24) is 10.2 Å². The van der Waals surface area contributed by atoms with Crippen molar-refractivity contribution in [1.29, 1.82) is 0 Å². The minimum Gasteiger partial charge on any atom is -0.483 e. The summed E-state index contributed by atoms with van der Waals surface area (Å²) in [5.74, 6) is 0.562. The molecule has 0 unspecified atom stereocenters. The lowest BCUT2D eigenvalue weighted by Gasteiger charge is -2.31. The molecule has 3 aromatic carbocycles. The van der Waals surface area contributed by atoms with E-state index >= 15 is 0 Å². The maximum atomic E-state index is 13.4. The summed E-state index contributed by atoms with van der Waals surface area (Å²) in [6.07, 6.45) is 0.515. The highest BCUT2D eigenvalue weighted by Crippen LogP contribution is 2.33. The first-order valence-corrected chi connectivity index (χ1v) is 12.5. The van der Waals surface area contributed by atoms with Crippen LogP contribution in [0.3, 0.4) is 0 Å². The molecule has 2 amide bonds. The monoisotopic (exact) mass is 524 g/mol. The van der Waals surface area contributed by atoms with Crippen LogP contribution in [-0.2, 0) is 16.1 Å². The van der Waals surface area contributed by atoms with Crippen molar-refractivity contribution in [2.24, 2.45) is 5.92 Å². The van der Waals surface area contributed by atoms with Gasteiger partial charge in [-0.15, -0.1) is 0 Å². The van der Waals surface area contributed by atoms with Crippen molar-refractivity contribution in [3.05, 3.63) is 76.3 Å². The Bertz CT molecular complexity index is 1130. The van der Waals surface area contributed by atoms with Crippen LogP contribution < -0.4 is 10.1 Å². The third kappa shape index (κ3) is 6.60. The van der Waals surface area contributed by atoms with Crippen LogP contribution in [-0.4, -0.2) is 35.9 Å². The second kappa shape index (κ2) is 12.0. The predicted octanol–water partition coefficient (Wildman–Crippen LogP) is 5.87. The molecule has 0 saturated heterocycles. The molecule has 0 aromatic heterocycles. The second-order valence-corrected chi connectivity index (χ2v) is 9.75. The summed E-state index contributed by atoms with van der Waals surface area (Å²) < 4.78 is 6.76. The van der Waals surface area contributed by atoms with Gasteiger partial charge < -0.3 is 15.0 Å². The van der Waals surface area contributed by atoms with Gasteiger partial charge in [-0.25, -0.2) is 0 Å². The minimum atomic E-state index is -0.573. The van der Waals surface area contributed by atoms with Crippen LogP contribution in [0, 0.1) is 12.8 Å². The van der Waals surface area contributed by atoms with Crippen molar-refractivity contribution in [2.75, 3.05) is 13.2 Å². The summed E-state index contributed by atoms with van der Waals surface area (Å²) in [6, 6.07) is 19.3. The zero-order valence-corrected chi connectivity index (χ0v) is 21.9. The molecule has 0 aliphatic heterocycles. The molecule has 3 rings (SSSR count). The van der Waals surface area contributed by atoms with E-state index in [1.807, 2.05) is 88.4 Å². The van der Waals surface area contributed by atoms with Gasteiger partial charge in [0.15, 0.2) is 6.61 Å². The molecule has 0 aliphatic rings. The Balaban J connectivity index is 1.81. The molecule has 0 radical (unpaired) electrons. The molecule has 0 aliphatic carbocycles. The number of aryl methyl sites for hydroxylation is 1. The third-order valence-corrected chi connectivity index (χ3v) is 6.54. The Morgan fingerprint density at radius 2 is 1.74 bits per heavy atom. The van der Waals surface area contributed by atoms with E-state index in [9.17, 15) is 9.59 Å². The van der Waals surface area contributed by atoms with Crippen LogP contribution in [0.25, 0.3) is 10.8 Å². The number of carbonyl (C=O) groups excluding carboxylic acids is 2. The Morgan fingerprint density at radius 3 is 2.41 bits per heavy atom. The number of carbonyl (C=O) groups is 2. The van der Waals surface area contributed by atoms with E-state index in [-0.39, 0.29) is 18.4 Å². The number of halogens is 1. The summed E-state index contributed by atoms with van der Waals surface area (Å²) in [5.41, 5.74) is 2.12. The first-order valence-electron chi connectivity index (χ1n) is 11.7. The van der Waals surface area contributed by atoms with Crippen molar-refractivity contribution in [3.8, 4) is 5.75 Å². The normalized spacial score (nSPS) is 11.9. The van der Waals surface area contributed by atoms with Crippen LogP contribution in [0.5, 0.6) is 5.75 Å². The molecule has 34 heavy (non-hydrogen) atoms. The molecule has 1 N–H and O–H groups in total. The standard InChI is InChI=1S/C28H33BrN2O3/c1-5-24(28(33)30-16-19(2)3)31(17-21-12-10-20(4)11-13-21)26(32)18-34-25-15-14-22-8-6-7-9-23(22)27(25)29/h6-15,19,24H,5,16-18H2,1-4H3,(H,30,33)/t24-/m0/s1. The number of nitrogens with zero attached hydrogens (tertiary/aromatic N) is 1. The van der Waals surface area contributed by atoms with E-state index < -0.39 is 6.04 Å². The fourth-order valence-electron chi connectivity index (χ4n) is 3.78. The molecule has 1 atom stereocenters. The lowest BCUT2D eigenvalue weighted by atomic mass is 10.1. The average molecular weight is 525 g/mol. The van der Waals surface area contributed by atoms with E-state index in [1.54, 1.807) is 4.90 Å². The maximum Gasteiger partial charge on any atom is 0.261 e. The predicted molar refractivity (Wildman–Crippen MR) is 141 cm³/mol. The fourth-order valence-corrected chi connectivity index (χ4v) is 4.39. The van der Waals surface area contributed by atoms with Crippen molar-refractivity contribution in [2.45, 2.75) is 46.7 Å². The van der Waals surface area contributed by atoms with Crippen molar-refractivity contribution >= 4 is 38.5 Å². The summed E-state index contributed by atoms with van der Waals surface area (Å²) in [7, 11) is 0. The Morgan fingerprint density at radius 1 is 1.03 bits per heavy atom. The summed E-state index contributed by atoms with van der Waals surface area (Å²) >= 11 is 3.62. The molecule has 0 saturated carbocycles. The highest BCUT2D eigenvalue weighted by atomic mass is 79.9. The van der Waals surface area contributed by atoms with Crippen LogP contribution >= 0.6 is 15.9 Å². The van der Waals surface area contributed by atoms with Gasteiger partial charge in [-0.1, -0.05) is 80.9 Å². The molecule has 6 heteroatoms. The largest absolute Gasteiger partial charge is 0.483 e. The minimum absolute atomic E-state index is 0.136. The summed E-state index contributed by atoms with van der Waals surface area (Å²) in [5, 5.41) is 5.09. The molecule has 0 bridgehead atoms. The maximum absolute atomic E-state index is 13.4. The van der Waals surface area contributed by atoms with Gasteiger partial charge in [0, 0.05) is 13.1 Å². The number of nitrogens with one attached hydrogen (secondary N) is 1. The van der Waals surface area contributed by atoms with Crippen LogP contribution in [0.4, 0.5) is 0 Å². The van der Waals surface area contributed by atoms with Gasteiger partial charge >= 0.3 is 0 Å². The first-order chi connectivity index (χ1) is 16.3. The number of benzene rings is 3. The smallest absolute Gasteiger partial charge is 0.261 e. The lowest BCUT2D eigenvalue weighted by Crippen LogP contribution is -2.50. The summed E-state index contributed by atoms with van der Waals surface area (Å²) in [4.78, 5) is 28.0. The number of rotatable bonds is 10. The van der Waals surface area contributed by atoms with Crippen molar-refractivity contribution in [3.63, 3.8) is 0 Å². The lowest BCUT2D eigenvalue weighted by molar-refractivity contribution is -0.143. The van der Waals surface area contributed by atoms with Crippen LogP contribution in [0.2, 0.25) is 0 Å². The number of fused-ring (bicyclic) bond motifs is 1. The highest BCUT2D eigenvalue weighted by molar-refractivity contribution is 9.10. The third-order valence-electron chi connectivity index (χ3n) is 5.72. The molecule has 180 valence electrons. The van der Waals surface area contributed by atoms with Gasteiger partial charge in [0.25, 0.3) is 5.91 Å². The zero-order valence-electron chi connectivity index (χ0n) is 20.3. The highest BCUT2D eigenvalue weighted by Gasteiger charge is 2.29. The van der Waals surface area contributed by atoms with E-state index in [0.29, 0.717) is 31.2 Å². The van der Waals surface area contributed by atoms with Gasteiger partial charge in [0.1, 0.15) is 11.8 Å². The first kappa shape index (κ1) is 25.8. The molecule has 3 aromatic rings. The topological polar surface area (TPSA) is 58.6 Å². The molecule has 0 spiro atoms. The molecule has 5 nitrogen and oxygen atoms in total. The number of hydrogen-bond donors (Lipinski definition) is 1. The number of amides is 2. The number of hydrogen-bond acceptors (Lipinski definition) is 3. The van der Waals surface area contributed by atoms with E-state index in [2.05, 4.69) is 21.2 Å². The molecular formula is C28H33BrN2O3. The van der Waals surface area contributed by atoms with Gasteiger partial charge in [0.05, 0.1) is 4.47 Å².